The minimum Gasteiger partial charge on any atom is -0.309 e. The number of fused-ring (bicyclic) bond motifs is 9. The topological polar surface area (TPSA) is 8.17 Å². The van der Waals surface area contributed by atoms with Crippen LogP contribution in [-0.4, -0.2) is 4.57 Å². The van der Waals surface area contributed by atoms with E-state index in [-0.39, 0.29) is 10.8 Å². The smallest absolute Gasteiger partial charge is 0.0543 e. The number of para-hydroxylation sites is 2. The van der Waals surface area contributed by atoms with Crippen LogP contribution in [0.15, 0.2) is 182 Å². The Kier molecular flexibility index (Phi) is 6.98. The summed E-state index contributed by atoms with van der Waals surface area (Å²) in [4.78, 5) is 2.58. The first-order chi connectivity index (χ1) is 27.3. The van der Waals surface area contributed by atoms with E-state index in [4.69, 9.17) is 0 Å². The van der Waals surface area contributed by atoms with E-state index in [1.807, 2.05) is 0 Å². The molecular weight excluding hydrogens is 677 g/mol. The monoisotopic (exact) mass is 718 g/mol. The highest BCUT2D eigenvalue weighted by molar-refractivity contribution is 6.09. The van der Waals surface area contributed by atoms with Crippen molar-refractivity contribution >= 4 is 38.9 Å². The Hall–Kier alpha value is -6.64. The molecule has 1 heterocycles. The molecule has 56 heavy (non-hydrogen) atoms. The molecule has 2 nitrogen and oxygen atoms in total. The van der Waals surface area contributed by atoms with Gasteiger partial charge in [-0.25, -0.2) is 0 Å². The number of nitrogens with zero attached hydrogens (tertiary/aromatic N) is 2. The number of hydrogen-bond acceptors (Lipinski definition) is 1. The average molecular weight is 719 g/mol. The third kappa shape index (κ3) is 4.56. The molecule has 0 radical (unpaired) electrons. The van der Waals surface area contributed by atoms with Crippen molar-refractivity contribution in [2.24, 2.45) is 0 Å². The second-order valence-electron chi connectivity index (χ2n) is 16.5. The predicted octanol–water partition coefficient (Wildman–Crippen LogP) is 14.5. The van der Waals surface area contributed by atoms with Crippen molar-refractivity contribution in [3.8, 4) is 39.1 Å². The molecule has 0 spiro atoms. The summed E-state index contributed by atoms with van der Waals surface area (Å²) in [6.45, 7) is 9.50. The first-order valence-electron chi connectivity index (χ1n) is 19.8. The summed E-state index contributed by atoms with van der Waals surface area (Å²) in [7, 11) is 0. The zero-order chi connectivity index (χ0) is 37.8. The van der Waals surface area contributed by atoms with Gasteiger partial charge in [0.25, 0.3) is 0 Å². The van der Waals surface area contributed by atoms with E-state index in [2.05, 4.69) is 219 Å². The molecule has 0 saturated heterocycles. The van der Waals surface area contributed by atoms with E-state index >= 15 is 0 Å². The lowest BCUT2D eigenvalue weighted by Gasteiger charge is -2.32. The molecule has 2 aliphatic carbocycles. The molecule has 0 N–H and O–H groups in total. The van der Waals surface area contributed by atoms with Crippen molar-refractivity contribution < 1.29 is 0 Å². The van der Waals surface area contributed by atoms with Gasteiger partial charge >= 0.3 is 0 Å². The molecule has 9 aromatic rings. The van der Waals surface area contributed by atoms with E-state index < -0.39 is 0 Å². The van der Waals surface area contributed by atoms with Crippen molar-refractivity contribution in [1.29, 1.82) is 0 Å². The summed E-state index contributed by atoms with van der Waals surface area (Å²) >= 11 is 0. The van der Waals surface area contributed by atoms with E-state index in [0.717, 1.165) is 11.4 Å². The average Bonchev–Trinajstić information content (AvgIpc) is 3.79. The molecule has 0 fully saturated rings. The maximum absolute atomic E-state index is 2.58. The maximum Gasteiger partial charge on any atom is 0.0543 e. The Morgan fingerprint density at radius 1 is 0.393 bits per heavy atom. The lowest BCUT2D eigenvalue weighted by atomic mass is 9.82. The van der Waals surface area contributed by atoms with Gasteiger partial charge in [0.2, 0.25) is 0 Å². The standard InChI is InChI=1S/C54H42N2/c1-53(2)43-24-12-8-22-41(43)51-45(53)26-16-30-49(51)56(50-31-17-27-46-52(50)42-23-9-13-25-44(42)54(46,3)4)38-33-36(35-18-6-5-7-19-35)32-37(34-38)55-47-28-14-10-20-39(47)40-21-11-15-29-48(40)55/h5-34H,1-4H3. The molecule has 0 atom stereocenters. The van der Waals surface area contributed by atoms with E-state index in [1.165, 1.54) is 88.8 Å². The summed E-state index contributed by atoms with van der Waals surface area (Å²) in [5.41, 5.74) is 19.8. The summed E-state index contributed by atoms with van der Waals surface area (Å²) in [5, 5.41) is 2.51. The number of rotatable bonds is 5. The highest BCUT2D eigenvalue weighted by Gasteiger charge is 2.40. The summed E-state index contributed by atoms with van der Waals surface area (Å²) in [6, 6.07) is 67.7. The van der Waals surface area contributed by atoms with Crippen LogP contribution in [0, 0.1) is 0 Å². The van der Waals surface area contributed by atoms with Gasteiger partial charge in [0.1, 0.15) is 0 Å². The van der Waals surface area contributed by atoms with Crippen molar-refractivity contribution in [1.82, 2.24) is 4.57 Å². The minimum absolute atomic E-state index is 0.138. The van der Waals surface area contributed by atoms with Crippen LogP contribution < -0.4 is 4.90 Å². The number of aromatic nitrogens is 1. The molecule has 0 amide bonds. The Morgan fingerprint density at radius 2 is 0.857 bits per heavy atom. The van der Waals surface area contributed by atoms with Gasteiger partial charge in [-0.1, -0.05) is 167 Å². The largest absolute Gasteiger partial charge is 0.309 e. The molecule has 2 heteroatoms. The highest BCUT2D eigenvalue weighted by atomic mass is 15.2. The van der Waals surface area contributed by atoms with Gasteiger partial charge in [0.05, 0.1) is 22.4 Å². The van der Waals surface area contributed by atoms with Crippen molar-refractivity contribution in [3.63, 3.8) is 0 Å². The number of benzene rings is 8. The summed E-state index contributed by atoms with van der Waals surface area (Å²) in [6.07, 6.45) is 0. The van der Waals surface area contributed by atoms with Gasteiger partial charge in [-0.15, -0.1) is 0 Å². The van der Waals surface area contributed by atoms with Gasteiger partial charge in [-0.2, -0.15) is 0 Å². The first kappa shape index (κ1) is 32.8. The quantitative estimate of drug-likeness (QED) is 0.172. The van der Waals surface area contributed by atoms with Crippen LogP contribution in [0.5, 0.6) is 0 Å². The molecular formula is C54H42N2. The third-order valence-electron chi connectivity index (χ3n) is 12.8. The molecule has 11 rings (SSSR count). The van der Waals surface area contributed by atoms with Crippen LogP contribution in [0.2, 0.25) is 0 Å². The van der Waals surface area contributed by atoms with Gasteiger partial charge in [-0.05, 0) is 87.0 Å². The fourth-order valence-corrected chi connectivity index (χ4v) is 10.1. The van der Waals surface area contributed by atoms with E-state index in [0.29, 0.717) is 0 Å². The predicted molar refractivity (Wildman–Crippen MR) is 236 cm³/mol. The lowest BCUT2D eigenvalue weighted by Crippen LogP contribution is -2.17. The normalized spacial score (nSPS) is 14.4. The van der Waals surface area contributed by atoms with Crippen molar-refractivity contribution in [2.75, 3.05) is 4.90 Å². The molecule has 0 unspecified atom stereocenters. The lowest BCUT2D eigenvalue weighted by molar-refractivity contribution is 0.660. The Morgan fingerprint density at radius 3 is 1.41 bits per heavy atom. The van der Waals surface area contributed by atoms with Crippen LogP contribution in [0.25, 0.3) is 60.9 Å². The van der Waals surface area contributed by atoms with Gasteiger partial charge in [-0.3, -0.25) is 0 Å². The minimum atomic E-state index is -0.138. The van der Waals surface area contributed by atoms with Crippen molar-refractivity contribution in [3.05, 3.63) is 204 Å². The molecule has 0 aliphatic heterocycles. The Bertz CT molecular complexity index is 2870. The molecule has 8 aromatic carbocycles. The van der Waals surface area contributed by atoms with E-state index in [1.54, 1.807) is 0 Å². The molecule has 268 valence electrons. The molecule has 0 bridgehead atoms. The van der Waals surface area contributed by atoms with Crippen LogP contribution in [0.1, 0.15) is 49.9 Å². The molecule has 1 aromatic heterocycles. The summed E-state index contributed by atoms with van der Waals surface area (Å²) < 4.78 is 2.46. The second-order valence-corrected chi connectivity index (χ2v) is 16.5. The zero-order valence-corrected chi connectivity index (χ0v) is 32.2. The molecule has 2 aliphatic rings. The molecule has 0 saturated carbocycles. The highest BCUT2D eigenvalue weighted by Crippen LogP contribution is 2.58. The van der Waals surface area contributed by atoms with Gasteiger partial charge < -0.3 is 9.47 Å². The Labute approximate surface area is 328 Å². The fourth-order valence-electron chi connectivity index (χ4n) is 10.1. The first-order valence-corrected chi connectivity index (χ1v) is 19.8. The van der Waals surface area contributed by atoms with Crippen LogP contribution in [0.3, 0.4) is 0 Å². The van der Waals surface area contributed by atoms with Crippen LogP contribution >= 0.6 is 0 Å². The number of anilines is 3. The zero-order valence-electron chi connectivity index (χ0n) is 32.2. The third-order valence-corrected chi connectivity index (χ3v) is 12.8. The van der Waals surface area contributed by atoms with Crippen LogP contribution in [-0.2, 0) is 10.8 Å². The maximum atomic E-state index is 2.58. The Balaban J connectivity index is 1.28. The van der Waals surface area contributed by atoms with Crippen molar-refractivity contribution in [2.45, 2.75) is 38.5 Å². The SMILES string of the molecule is CC1(C)c2ccccc2-c2c(N(c3cc(-c4ccccc4)cc(-n4c5ccccc5c5ccccc54)c3)c3cccc4c3-c3ccccc3C4(C)C)cccc21. The van der Waals surface area contributed by atoms with E-state index in [9.17, 15) is 0 Å². The second kappa shape index (κ2) is 11.9. The van der Waals surface area contributed by atoms with Crippen LogP contribution in [0.4, 0.5) is 17.1 Å². The van der Waals surface area contributed by atoms with Gasteiger partial charge in [0, 0.05) is 44.1 Å². The summed E-state index contributed by atoms with van der Waals surface area (Å²) in [5.74, 6) is 0. The number of hydrogen-bond donors (Lipinski definition) is 0. The van der Waals surface area contributed by atoms with Gasteiger partial charge in [0.15, 0.2) is 0 Å². The fraction of sp³-hybridized carbons (Fsp3) is 0.111.